The predicted molar refractivity (Wildman–Crippen MR) is 197 cm³/mol. The molecule has 0 radical (unpaired) electrons. The summed E-state index contributed by atoms with van der Waals surface area (Å²) in [6, 6.07) is 0. The van der Waals surface area contributed by atoms with Crippen molar-refractivity contribution < 1.29 is 24.9 Å². The number of hydrogen-bond donors (Lipinski definition) is 3. The molecule has 1 rings (SSSR count). The number of nitrogens with zero attached hydrogens (tertiary/aromatic N) is 1. The molecule has 0 fully saturated rings. The highest BCUT2D eigenvalue weighted by Crippen LogP contribution is 2.20. The van der Waals surface area contributed by atoms with E-state index < -0.39 is 11.5 Å². The third-order valence-electron chi connectivity index (χ3n) is 8.76. The lowest BCUT2D eigenvalue weighted by Crippen LogP contribution is -2.37. The van der Waals surface area contributed by atoms with E-state index >= 15 is 0 Å². The molecular formula is C40H75NO5. The van der Waals surface area contributed by atoms with Crippen molar-refractivity contribution in [1.82, 2.24) is 0 Å². The zero-order valence-corrected chi connectivity index (χ0v) is 30.3. The van der Waals surface area contributed by atoms with Gasteiger partial charge in [-0.3, -0.25) is 4.79 Å². The molecule has 0 aliphatic carbocycles. The first-order valence-electron chi connectivity index (χ1n) is 19.5. The Morgan fingerprint density at radius 1 is 0.609 bits per heavy atom. The first-order valence-corrected chi connectivity index (χ1v) is 19.5. The topological polar surface area (TPSA) is 99.4 Å². The van der Waals surface area contributed by atoms with Crippen LogP contribution in [0.4, 0.5) is 0 Å². The number of hydrogen-bond acceptors (Lipinski definition) is 5. The number of unbranched alkanes of at least 4 members (excludes halogenated alkanes) is 22. The average Bonchev–Trinajstić information content (AvgIpc) is 3.48. The van der Waals surface area contributed by atoms with Crippen molar-refractivity contribution >= 4 is 11.9 Å². The van der Waals surface area contributed by atoms with Crippen LogP contribution in [0.3, 0.4) is 0 Å². The second kappa shape index (κ2) is 34.7. The highest BCUT2D eigenvalue weighted by atomic mass is 16.5. The Morgan fingerprint density at radius 2 is 0.978 bits per heavy atom. The minimum atomic E-state index is -0.794. The fourth-order valence-electron chi connectivity index (χ4n) is 5.58. The van der Waals surface area contributed by atoms with Gasteiger partial charge in [0.25, 0.3) is 0 Å². The molecule has 46 heavy (non-hydrogen) atoms. The zero-order chi connectivity index (χ0) is 33.8. The van der Waals surface area contributed by atoms with Crippen LogP contribution < -0.4 is 0 Å². The van der Waals surface area contributed by atoms with Gasteiger partial charge >= 0.3 is 5.97 Å². The lowest BCUT2D eigenvalue weighted by molar-refractivity contribution is -0.137. The van der Waals surface area contributed by atoms with E-state index in [1.807, 2.05) is 0 Å². The maximum absolute atomic E-state index is 10.3. The van der Waals surface area contributed by atoms with Gasteiger partial charge in [-0.1, -0.05) is 141 Å². The first-order chi connectivity index (χ1) is 22.5. The number of ether oxygens (including phenoxy) is 1. The van der Waals surface area contributed by atoms with Crippen LogP contribution in [0.2, 0.25) is 0 Å². The van der Waals surface area contributed by atoms with Crippen molar-refractivity contribution in [3.63, 3.8) is 0 Å². The Hall–Kier alpha value is -1.66. The van der Waals surface area contributed by atoms with Gasteiger partial charge in [0.05, 0.1) is 13.2 Å². The summed E-state index contributed by atoms with van der Waals surface area (Å²) in [7, 11) is 0. The van der Waals surface area contributed by atoms with E-state index in [1.54, 1.807) is 0 Å². The largest absolute Gasteiger partial charge is 0.481 e. The van der Waals surface area contributed by atoms with Gasteiger partial charge < -0.3 is 20.1 Å². The molecule has 6 nitrogen and oxygen atoms in total. The van der Waals surface area contributed by atoms with Crippen LogP contribution in [-0.2, 0) is 9.53 Å². The maximum Gasteiger partial charge on any atom is 0.303 e. The zero-order valence-electron chi connectivity index (χ0n) is 30.3. The molecule has 0 saturated carbocycles. The average molecular weight is 650 g/mol. The molecule has 0 amide bonds. The monoisotopic (exact) mass is 650 g/mol. The van der Waals surface area contributed by atoms with Crippen molar-refractivity contribution in [2.24, 2.45) is 4.99 Å². The summed E-state index contributed by atoms with van der Waals surface area (Å²) in [5.41, 5.74) is -0.794. The molecular weight excluding hydrogens is 574 g/mol. The lowest BCUT2D eigenvalue weighted by atomic mass is 10.1. The second-order valence-corrected chi connectivity index (χ2v) is 13.4. The number of carboxylic acid groups (broad SMARTS) is 1. The van der Waals surface area contributed by atoms with Gasteiger partial charge in [-0.25, -0.2) is 4.99 Å². The van der Waals surface area contributed by atoms with Gasteiger partial charge in [-0.05, 0) is 64.2 Å². The predicted octanol–water partition coefficient (Wildman–Crippen LogP) is 11.3. The molecule has 0 aromatic carbocycles. The number of allylic oxidation sites excluding steroid dienone is 4. The summed E-state index contributed by atoms with van der Waals surface area (Å²) in [4.78, 5) is 14.7. The smallest absolute Gasteiger partial charge is 0.303 e. The molecule has 6 heteroatoms. The van der Waals surface area contributed by atoms with Crippen LogP contribution in [0.15, 0.2) is 29.3 Å². The number of aliphatic hydroxyl groups excluding tert-OH is 2. The standard InChI is InChI=1S/C22H41NO3.C18H34O2/c1-2-3-4-5-6-7-8-9-10-11-12-13-14-15-16-17-21-23-22(18-24,19-25)20-26-21;1-2-3-4-5-6-7-8-9-10-11-12-13-14-15-16-17-18(19)20/h9-10,24-25H,2-8,11-20H2,1H3;9-10H,2-8,11-17H2,1H3,(H,19,20). The minimum Gasteiger partial charge on any atom is -0.481 e. The summed E-state index contributed by atoms with van der Waals surface area (Å²) >= 11 is 0. The third kappa shape index (κ3) is 29.7. The van der Waals surface area contributed by atoms with Gasteiger partial charge in [0, 0.05) is 12.8 Å². The van der Waals surface area contributed by atoms with E-state index in [0.717, 1.165) is 25.7 Å². The van der Waals surface area contributed by atoms with Crippen molar-refractivity contribution in [2.45, 2.75) is 199 Å². The van der Waals surface area contributed by atoms with Crippen molar-refractivity contribution in [2.75, 3.05) is 19.8 Å². The van der Waals surface area contributed by atoms with E-state index in [0.29, 0.717) is 18.9 Å². The molecule has 0 saturated heterocycles. The summed E-state index contributed by atoms with van der Waals surface area (Å²) < 4.78 is 5.49. The first kappa shape index (κ1) is 44.3. The summed E-state index contributed by atoms with van der Waals surface area (Å²) in [6.45, 7) is 4.52. The fourth-order valence-corrected chi connectivity index (χ4v) is 5.58. The third-order valence-corrected chi connectivity index (χ3v) is 8.76. The van der Waals surface area contributed by atoms with Gasteiger partial charge in [-0.15, -0.1) is 0 Å². The number of aliphatic hydroxyl groups is 2. The molecule has 0 spiro atoms. The van der Waals surface area contributed by atoms with E-state index in [9.17, 15) is 15.0 Å². The molecule has 0 aromatic heterocycles. The van der Waals surface area contributed by atoms with Crippen LogP contribution in [-0.4, -0.2) is 52.5 Å². The Bertz CT molecular complexity index is 744. The van der Waals surface area contributed by atoms with Gasteiger partial charge in [0.15, 0.2) is 5.90 Å². The highest BCUT2D eigenvalue weighted by molar-refractivity contribution is 5.78. The Balaban J connectivity index is 0.000000914. The minimum absolute atomic E-state index is 0.153. The Morgan fingerprint density at radius 3 is 1.35 bits per heavy atom. The van der Waals surface area contributed by atoms with Crippen LogP contribution >= 0.6 is 0 Å². The number of aliphatic imine (C=N–C) groups is 1. The van der Waals surface area contributed by atoms with Crippen molar-refractivity contribution in [3.8, 4) is 0 Å². The molecule has 0 bridgehead atoms. The van der Waals surface area contributed by atoms with Gasteiger partial charge in [-0.2, -0.15) is 0 Å². The second-order valence-electron chi connectivity index (χ2n) is 13.4. The van der Waals surface area contributed by atoms with Gasteiger partial charge in [0.2, 0.25) is 0 Å². The van der Waals surface area contributed by atoms with Crippen LogP contribution in [0.5, 0.6) is 0 Å². The lowest BCUT2D eigenvalue weighted by Gasteiger charge is -2.16. The van der Waals surface area contributed by atoms with E-state index in [-0.39, 0.29) is 13.2 Å². The van der Waals surface area contributed by atoms with E-state index in [2.05, 4.69) is 43.1 Å². The normalized spacial score (nSPS) is 14.0. The molecule has 0 aromatic rings. The van der Waals surface area contributed by atoms with Crippen molar-refractivity contribution in [3.05, 3.63) is 24.3 Å². The SMILES string of the molecule is CCCCCCCCC=CCCCCCCCC(=O)O.CCCCCCCCC=CCCCCCCCC1=NC(CO)(CO)CO1. The van der Waals surface area contributed by atoms with Crippen molar-refractivity contribution in [1.29, 1.82) is 0 Å². The molecule has 0 unspecified atom stereocenters. The number of carboxylic acids is 1. The van der Waals surface area contributed by atoms with Crippen LogP contribution in [0, 0.1) is 0 Å². The van der Waals surface area contributed by atoms with E-state index in [1.165, 1.54) is 148 Å². The van der Waals surface area contributed by atoms with Crippen LogP contribution in [0.25, 0.3) is 0 Å². The number of aliphatic carboxylic acids is 1. The molecule has 0 atom stereocenters. The summed E-state index contributed by atoms with van der Waals surface area (Å²) in [5, 5.41) is 27.1. The molecule has 270 valence electrons. The molecule has 1 aliphatic rings. The number of carbonyl (C=O) groups is 1. The molecule has 1 aliphatic heterocycles. The van der Waals surface area contributed by atoms with E-state index in [4.69, 9.17) is 9.84 Å². The molecule has 1 heterocycles. The summed E-state index contributed by atoms with van der Waals surface area (Å²) in [5.74, 6) is 0.0355. The maximum atomic E-state index is 10.3. The van der Waals surface area contributed by atoms with Crippen LogP contribution in [0.1, 0.15) is 194 Å². The number of rotatable bonds is 32. The van der Waals surface area contributed by atoms with Gasteiger partial charge in [0.1, 0.15) is 12.1 Å². The summed E-state index contributed by atoms with van der Waals surface area (Å²) in [6.07, 6.45) is 43.6. The highest BCUT2D eigenvalue weighted by Gasteiger charge is 2.35. The quantitative estimate of drug-likeness (QED) is 0.0497. The fraction of sp³-hybridized carbons (Fsp3) is 0.850. The Kier molecular flexibility index (Phi) is 33.4. The molecule has 3 N–H and O–H groups in total. The Labute approximate surface area is 284 Å².